The quantitative estimate of drug-likeness (QED) is 0.494. The van der Waals surface area contributed by atoms with Crippen molar-refractivity contribution in [2.24, 2.45) is 0 Å². The molecular weight excluding hydrogens is 460 g/mol. The summed E-state index contributed by atoms with van der Waals surface area (Å²) in [5.74, 6) is 1.19. The average Bonchev–Trinajstić information content (AvgIpc) is 3.19. The zero-order valence-electron chi connectivity index (χ0n) is 17.7. The number of para-hydroxylation sites is 1. The van der Waals surface area contributed by atoms with E-state index in [-0.39, 0.29) is 29.8 Å². The Kier molecular flexibility index (Phi) is 7.22. The molecular formula is C24H24N2O5S2. The third-order valence-electron chi connectivity index (χ3n) is 5.17. The van der Waals surface area contributed by atoms with Crippen LogP contribution in [-0.2, 0) is 21.4 Å². The van der Waals surface area contributed by atoms with Crippen molar-refractivity contribution >= 4 is 28.7 Å². The maximum Gasteiger partial charge on any atom is 0.410 e. The maximum atomic E-state index is 12.9. The number of likely N-dealkylation sites (tertiary alicyclic amines) is 1. The normalized spacial score (nSPS) is 18.2. The second kappa shape index (κ2) is 10.3. The van der Waals surface area contributed by atoms with Gasteiger partial charge in [-0.05, 0) is 42.0 Å². The fourth-order valence-corrected chi connectivity index (χ4v) is 5.18. The van der Waals surface area contributed by atoms with Gasteiger partial charge in [0.1, 0.15) is 18.1 Å². The zero-order chi connectivity index (χ0) is 23.3. The molecule has 0 saturated carbocycles. The van der Waals surface area contributed by atoms with Gasteiger partial charge in [0.2, 0.25) is 10.0 Å². The first kappa shape index (κ1) is 23.2. The molecule has 1 fully saturated rings. The fourth-order valence-electron chi connectivity index (χ4n) is 3.44. The van der Waals surface area contributed by atoms with Gasteiger partial charge in [-0.1, -0.05) is 48.5 Å². The zero-order valence-corrected chi connectivity index (χ0v) is 19.4. The minimum absolute atomic E-state index is 0.105. The predicted molar refractivity (Wildman–Crippen MR) is 128 cm³/mol. The van der Waals surface area contributed by atoms with E-state index in [1.165, 1.54) is 17.0 Å². The van der Waals surface area contributed by atoms with E-state index in [0.29, 0.717) is 11.5 Å². The van der Waals surface area contributed by atoms with Crippen LogP contribution in [0.25, 0.3) is 0 Å². The summed E-state index contributed by atoms with van der Waals surface area (Å²) in [6, 6.07) is 24.2. The van der Waals surface area contributed by atoms with Gasteiger partial charge in [0.15, 0.2) is 0 Å². The number of carbonyl (C=O) groups is 1. The first-order valence-corrected chi connectivity index (χ1v) is 12.4. The van der Waals surface area contributed by atoms with Gasteiger partial charge >= 0.3 is 6.09 Å². The Bertz CT molecular complexity index is 1170. The lowest BCUT2D eigenvalue weighted by molar-refractivity contribution is 0.104. The van der Waals surface area contributed by atoms with E-state index in [4.69, 9.17) is 9.47 Å². The Morgan fingerprint density at radius 1 is 0.909 bits per heavy atom. The van der Waals surface area contributed by atoms with Crippen LogP contribution >= 0.6 is 12.6 Å². The summed E-state index contributed by atoms with van der Waals surface area (Å²) in [6.45, 7) is 0.616. The van der Waals surface area contributed by atoms with Gasteiger partial charge in [-0.25, -0.2) is 17.9 Å². The Balaban J connectivity index is 1.34. The Morgan fingerprint density at radius 3 is 2.18 bits per heavy atom. The van der Waals surface area contributed by atoms with Crippen LogP contribution in [-0.4, -0.2) is 43.8 Å². The van der Waals surface area contributed by atoms with Gasteiger partial charge in [-0.15, -0.1) is 0 Å². The van der Waals surface area contributed by atoms with Crippen LogP contribution in [0.3, 0.4) is 0 Å². The van der Waals surface area contributed by atoms with E-state index in [0.717, 1.165) is 5.56 Å². The molecule has 0 spiro atoms. The largest absolute Gasteiger partial charge is 0.457 e. The highest BCUT2D eigenvalue weighted by atomic mass is 32.2. The molecule has 0 radical (unpaired) electrons. The van der Waals surface area contributed by atoms with Crippen molar-refractivity contribution in [3.8, 4) is 11.5 Å². The van der Waals surface area contributed by atoms with E-state index in [9.17, 15) is 13.2 Å². The van der Waals surface area contributed by atoms with Gasteiger partial charge < -0.3 is 14.4 Å². The third kappa shape index (κ3) is 6.07. The summed E-state index contributed by atoms with van der Waals surface area (Å²) in [5.41, 5.74) is 0.879. The molecule has 0 aromatic heterocycles. The number of rotatable bonds is 7. The molecule has 0 aliphatic carbocycles. The molecule has 3 aromatic rings. The summed E-state index contributed by atoms with van der Waals surface area (Å²) in [4.78, 5) is 14.0. The first-order chi connectivity index (χ1) is 15.9. The van der Waals surface area contributed by atoms with Crippen molar-refractivity contribution in [1.82, 2.24) is 9.62 Å². The van der Waals surface area contributed by atoms with Crippen LogP contribution in [0.4, 0.5) is 4.79 Å². The van der Waals surface area contributed by atoms with Gasteiger partial charge in [0.25, 0.3) is 0 Å². The number of sulfonamides is 1. The van der Waals surface area contributed by atoms with Crippen molar-refractivity contribution in [1.29, 1.82) is 0 Å². The molecule has 0 unspecified atom stereocenters. The molecule has 33 heavy (non-hydrogen) atoms. The van der Waals surface area contributed by atoms with Crippen LogP contribution in [0, 0.1) is 0 Å². The molecule has 3 aromatic carbocycles. The SMILES string of the molecule is O=C(OCc1ccccc1)N1C[C@@H](S)[C@H](NS(=O)(=O)c2ccc(Oc3ccccc3)cc2)C1. The highest BCUT2D eigenvalue weighted by molar-refractivity contribution is 7.89. The number of ether oxygens (including phenoxy) is 2. The minimum Gasteiger partial charge on any atom is -0.457 e. The summed E-state index contributed by atoms with van der Waals surface area (Å²) < 4.78 is 39.4. The van der Waals surface area contributed by atoms with E-state index < -0.39 is 22.2 Å². The summed E-state index contributed by atoms with van der Waals surface area (Å²) in [7, 11) is -3.80. The molecule has 2 atom stereocenters. The average molecular weight is 485 g/mol. The molecule has 7 nitrogen and oxygen atoms in total. The topological polar surface area (TPSA) is 84.9 Å². The number of carbonyl (C=O) groups excluding carboxylic acids is 1. The highest BCUT2D eigenvalue weighted by Crippen LogP contribution is 2.24. The standard InChI is InChI=1S/C24H24N2O5S2/c27-24(30-17-18-7-3-1-4-8-18)26-15-22(23(32)16-26)25-33(28,29)21-13-11-20(12-14-21)31-19-9-5-2-6-10-19/h1-14,22-23,25,32H,15-17H2/t22-,23-/m1/s1. The lowest BCUT2D eigenvalue weighted by Crippen LogP contribution is -2.41. The van der Waals surface area contributed by atoms with Gasteiger partial charge in [-0.2, -0.15) is 12.6 Å². The van der Waals surface area contributed by atoms with Crippen molar-refractivity contribution in [2.45, 2.75) is 22.8 Å². The number of nitrogens with one attached hydrogen (secondary N) is 1. The van der Waals surface area contributed by atoms with Crippen LogP contribution in [0.15, 0.2) is 89.8 Å². The first-order valence-electron chi connectivity index (χ1n) is 10.4. The molecule has 1 aliphatic rings. The molecule has 1 aliphatic heterocycles. The molecule has 1 amide bonds. The number of hydrogen-bond acceptors (Lipinski definition) is 6. The molecule has 1 heterocycles. The minimum atomic E-state index is -3.80. The number of hydrogen-bond donors (Lipinski definition) is 2. The molecule has 4 rings (SSSR count). The van der Waals surface area contributed by atoms with Gasteiger partial charge in [-0.3, -0.25) is 0 Å². The van der Waals surface area contributed by atoms with Crippen LogP contribution in [0.5, 0.6) is 11.5 Å². The number of nitrogens with zero attached hydrogens (tertiary/aromatic N) is 1. The Labute approximate surface area is 198 Å². The third-order valence-corrected chi connectivity index (χ3v) is 7.20. The monoisotopic (exact) mass is 484 g/mol. The van der Waals surface area contributed by atoms with Crippen LogP contribution < -0.4 is 9.46 Å². The van der Waals surface area contributed by atoms with E-state index in [2.05, 4.69) is 17.4 Å². The number of amides is 1. The lowest BCUT2D eigenvalue weighted by atomic mass is 10.2. The predicted octanol–water partition coefficient (Wildman–Crippen LogP) is 4.08. The molecule has 172 valence electrons. The number of thiol groups is 1. The fraction of sp³-hybridized carbons (Fsp3) is 0.208. The van der Waals surface area contributed by atoms with Crippen molar-refractivity contribution in [3.63, 3.8) is 0 Å². The van der Waals surface area contributed by atoms with E-state index in [1.54, 1.807) is 12.1 Å². The van der Waals surface area contributed by atoms with E-state index >= 15 is 0 Å². The smallest absolute Gasteiger partial charge is 0.410 e. The molecule has 0 bridgehead atoms. The summed E-state index contributed by atoms with van der Waals surface area (Å²) >= 11 is 4.48. The second-order valence-electron chi connectivity index (χ2n) is 7.63. The maximum absolute atomic E-state index is 12.9. The lowest BCUT2D eigenvalue weighted by Gasteiger charge is -2.17. The number of benzene rings is 3. The molecule has 1 saturated heterocycles. The molecule has 1 N–H and O–H groups in total. The van der Waals surface area contributed by atoms with E-state index in [1.807, 2.05) is 60.7 Å². The van der Waals surface area contributed by atoms with Crippen molar-refractivity contribution < 1.29 is 22.7 Å². The van der Waals surface area contributed by atoms with Crippen molar-refractivity contribution in [3.05, 3.63) is 90.5 Å². The van der Waals surface area contributed by atoms with Gasteiger partial charge in [0, 0.05) is 18.3 Å². The second-order valence-corrected chi connectivity index (χ2v) is 10.0. The van der Waals surface area contributed by atoms with Crippen LogP contribution in [0.2, 0.25) is 0 Å². The van der Waals surface area contributed by atoms with Crippen molar-refractivity contribution in [2.75, 3.05) is 13.1 Å². The van der Waals surface area contributed by atoms with Gasteiger partial charge in [0.05, 0.1) is 10.9 Å². The Hall–Kier alpha value is -3.01. The Morgan fingerprint density at radius 2 is 1.52 bits per heavy atom. The summed E-state index contributed by atoms with van der Waals surface area (Å²) in [6.07, 6.45) is -0.498. The highest BCUT2D eigenvalue weighted by Gasteiger charge is 2.36. The van der Waals surface area contributed by atoms with Crippen LogP contribution in [0.1, 0.15) is 5.56 Å². The molecule has 9 heteroatoms. The summed E-state index contributed by atoms with van der Waals surface area (Å²) in [5, 5.41) is -0.357.